The van der Waals surface area contributed by atoms with Crippen LogP contribution in [0.15, 0.2) is 63.5 Å². The van der Waals surface area contributed by atoms with Gasteiger partial charge in [-0.05, 0) is 49.2 Å². The molecule has 0 N–H and O–H groups in total. The van der Waals surface area contributed by atoms with Crippen LogP contribution in [0, 0.1) is 0 Å². The lowest BCUT2D eigenvalue weighted by atomic mass is 9.96. The van der Waals surface area contributed by atoms with E-state index in [9.17, 15) is 9.59 Å². The summed E-state index contributed by atoms with van der Waals surface area (Å²) in [5, 5.41) is 0.443. The van der Waals surface area contributed by atoms with Crippen LogP contribution in [-0.2, 0) is 9.53 Å². The number of carbonyl (C=O) groups excluding carboxylic acids is 1. The van der Waals surface area contributed by atoms with Crippen molar-refractivity contribution < 1.29 is 19.0 Å². The Morgan fingerprint density at radius 1 is 1.18 bits per heavy atom. The highest BCUT2D eigenvalue weighted by molar-refractivity contribution is 7.07. The van der Waals surface area contributed by atoms with Crippen LogP contribution in [0.3, 0.4) is 0 Å². The first-order valence-electron chi connectivity index (χ1n) is 10.6. The van der Waals surface area contributed by atoms with E-state index in [2.05, 4.69) is 4.99 Å². The molecule has 0 bridgehead atoms. The molecule has 34 heavy (non-hydrogen) atoms. The molecule has 1 atom stereocenters. The van der Waals surface area contributed by atoms with Gasteiger partial charge in [0.05, 0.1) is 36.6 Å². The highest BCUT2D eigenvalue weighted by Gasteiger charge is 2.34. The van der Waals surface area contributed by atoms with E-state index in [0.717, 1.165) is 5.56 Å². The van der Waals surface area contributed by atoms with E-state index in [0.29, 0.717) is 42.7 Å². The fraction of sp³-hybridized carbons (Fsp3) is 0.240. The van der Waals surface area contributed by atoms with E-state index in [-0.39, 0.29) is 12.2 Å². The molecule has 7 nitrogen and oxygen atoms in total. The standard InChI is InChI=1S/C25H23ClN2O5S/c1-5-33-24(30)21-14(2)27-25-28(22(21)16-8-6-7-9-17(16)26)23(29)20(34-25)13-15-10-11-18(31-3)19(12-15)32-4/h6-13,22H,5H2,1-4H3/b20-13-. The van der Waals surface area contributed by atoms with Crippen molar-refractivity contribution in [1.82, 2.24) is 4.57 Å². The third kappa shape index (κ3) is 4.26. The number of allylic oxidation sites excluding steroid dienone is 1. The van der Waals surface area contributed by atoms with Gasteiger partial charge in [0.25, 0.3) is 5.56 Å². The van der Waals surface area contributed by atoms with Gasteiger partial charge in [-0.3, -0.25) is 9.36 Å². The number of aromatic nitrogens is 1. The van der Waals surface area contributed by atoms with Gasteiger partial charge in [0, 0.05) is 5.02 Å². The lowest BCUT2D eigenvalue weighted by Crippen LogP contribution is -2.40. The Bertz CT molecular complexity index is 1470. The molecule has 0 amide bonds. The molecule has 4 rings (SSSR count). The molecule has 2 aromatic carbocycles. The monoisotopic (exact) mass is 498 g/mol. The Morgan fingerprint density at radius 3 is 2.59 bits per heavy atom. The van der Waals surface area contributed by atoms with Crippen molar-refractivity contribution in [2.45, 2.75) is 19.9 Å². The Balaban J connectivity index is 1.95. The van der Waals surface area contributed by atoms with Crippen molar-refractivity contribution in [2.24, 2.45) is 4.99 Å². The molecule has 0 saturated carbocycles. The van der Waals surface area contributed by atoms with E-state index in [1.807, 2.05) is 12.1 Å². The van der Waals surface area contributed by atoms with E-state index >= 15 is 0 Å². The Hall–Kier alpha value is -3.36. The van der Waals surface area contributed by atoms with Crippen molar-refractivity contribution >= 4 is 35.0 Å². The largest absolute Gasteiger partial charge is 0.493 e. The van der Waals surface area contributed by atoms with E-state index in [1.165, 1.54) is 15.9 Å². The minimum atomic E-state index is -0.753. The molecule has 0 saturated heterocycles. The number of carbonyl (C=O) groups is 1. The third-order valence-corrected chi connectivity index (χ3v) is 6.75. The van der Waals surface area contributed by atoms with Gasteiger partial charge in [0.15, 0.2) is 16.3 Å². The summed E-state index contributed by atoms with van der Waals surface area (Å²) < 4.78 is 17.9. The number of rotatable bonds is 6. The Morgan fingerprint density at radius 2 is 1.91 bits per heavy atom. The predicted octanol–water partition coefficient (Wildman–Crippen LogP) is 3.47. The van der Waals surface area contributed by atoms with Gasteiger partial charge in [-0.25, -0.2) is 9.79 Å². The Labute approximate surface area is 205 Å². The molecule has 1 unspecified atom stereocenters. The van der Waals surface area contributed by atoms with Crippen molar-refractivity contribution in [3.05, 3.63) is 89.6 Å². The summed E-state index contributed by atoms with van der Waals surface area (Å²) in [5.74, 6) is 0.621. The topological polar surface area (TPSA) is 79.1 Å². The summed E-state index contributed by atoms with van der Waals surface area (Å²) in [6.07, 6.45) is 1.76. The summed E-state index contributed by atoms with van der Waals surface area (Å²) in [6, 6.07) is 11.8. The summed E-state index contributed by atoms with van der Waals surface area (Å²) in [4.78, 5) is 31.6. The van der Waals surface area contributed by atoms with Crippen LogP contribution in [0.4, 0.5) is 0 Å². The number of benzene rings is 2. The van der Waals surface area contributed by atoms with Crippen LogP contribution < -0.4 is 24.4 Å². The number of methoxy groups -OCH3 is 2. The third-order valence-electron chi connectivity index (χ3n) is 5.42. The molecule has 3 aromatic rings. The van der Waals surface area contributed by atoms with Crippen LogP contribution in [0.25, 0.3) is 6.08 Å². The molecule has 1 aromatic heterocycles. The number of esters is 1. The fourth-order valence-corrected chi connectivity index (χ4v) is 5.16. The second kappa shape index (κ2) is 9.87. The number of thiazole rings is 1. The first-order valence-corrected chi connectivity index (χ1v) is 11.7. The van der Waals surface area contributed by atoms with Gasteiger partial charge in [0.2, 0.25) is 0 Å². The van der Waals surface area contributed by atoms with Crippen molar-refractivity contribution in [3.63, 3.8) is 0 Å². The average molecular weight is 499 g/mol. The fourth-order valence-electron chi connectivity index (χ4n) is 3.88. The maximum Gasteiger partial charge on any atom is 0.338 e. The zero-order chi connectivity index (χ0) is 24.4. The van der Waals surface area contributed by atoms with Crippen LogP contribution >= 0.6 is 22.9 Å². The van der Waals surface area contributed by atoms with Crippen molar-refractivity contribution in [1.29, 1.82) is 0 Å². The van der Waals surface area contributed by atoms with Gasteiger partial charge in [-0.2, -0.15) is 0 Å². The molecule has 176 valence electrons. The summed E-state index contributed by atoms with van der Waals surface area (Å²) in [6.45, 7) is 3.67. The summed E-state index contributed by atoms with van der Waals surface area (Å²) in [7, 11) is 3.12. The van der Waals surface area contributed by atoms with Gasteiger partial charge in [-0.15, -0.1) is 0 Å². The van der Waals surface area contributed by atoms with Crippen LogP contribution in [0.2, 0.25) is 5.02 Å². The molecule has 9 heteroatoms. The van der Waals surface area contributed by atoms with Gasteiger partial charge in [-0.1, -0.05) is 47.2 Å². The Kier molecular flexibility index (Phi) is 6.90. The normalized spacial score (nSPS) is 15.6. The number of fused-ring (bicyclic) bond motifs is 1. The quantitative estimate of drug-likeness (QED) is 0.486. The van der Waals surface area contributed by atoms with E-state index < -0.39 is 12.0 Å². The maximum absolute atomic E-state index is 13.6. The number of hydrogen-bond acceptors (Lipinski definition) is 7. The molecule has 0 aliphatic carbocycles. The van der Waals surface area contributed by atoms with Gasteiger partial charge < -0.3 is 14.2 Å². The number of ether oxygens (including phenoxy) is 3. The summed E-state index contributed by atoms with van der Waals surface area (Å²) >= 11 is 7.76. The minimum absolute atomic E-state index is 0.203. The SMILES string of the molecule is CCOC(=O)C1=C(C)N=c2s/c(=C\c3ccc(OC)c(OC)c3)c(=O)n2C1c1ccccc1Cl. The number of hydrogen-bond donors (Lipinski definition) is 0. The lowest BCUT2D eigenvalue weighted by molar-refractivity contribution is -0.139. The zero-order valence-electron chi connectivity index (χ0n) is 19.1. The van der Waals surface area contributed by atoms with E-state index in [4.69, 9.17) is 25.8 Å². The minimum Gasteiger partial charge on any atom is -0.493 e. The second-order valence-corrected chi connectivity index (χ2v) is 8.85. The molecule has 0 spiro atoms. The van der Waals surface area contributed by atoms with Gasteiger partial charge >= 0.3 is 5.97 Å². The molecular weight excluding hydrogens is 476 g/mol. The predicted molar refractivity (Wildman–Crippen MR) is 131 cm³/mol. The van der Waals surface area contributed by atoms with Crippen molar-refractivity contribution in [3.8, 4) is 11.5 Å². The van der Waals surface area contributed by atoms with Crippen LogP contribution in [0.1, 0.15) is 31.0 Å². The van der Waals surface area contributed by atoms with E-state index in [1.54, 1.807) is 64.5 Å². The average Bonchev–Trinajstić information content (AvgIpc) is 3.13. The maximum atomic E-state index is 13.6. The highest BCUT2D eigenvalue weighted by atomic mass is 35.5. The van der Waals surface area contributed by atoms with Crippen LogP contribution in [-0.4, -0.2) is 31.4 Å². The molecule has 0 radical (unpaired) electrons. The first kappa shape index (κ1) is 23.8. The molecule has 1 aliphatic rings. The molecule has 1 aliphatic heterocycles. The summed E-state index contributed by atoms with van der Waals surface area (Å²) in [5.41, 5.74) is 1.89. The number of halogens is 1. The molecular formula is C25H23ClN2O5S. The van der Waals surface area contributed by atoms with Crippen molar-refractivity contribution in [2.75, 3.05) is 20.8 Å². The molecule has 0 fully saturated rings. The number of nitrogens with zero attached hydrogens (tertiary/aromatic N) is 2. The first-order chi connectivity index (χ1) is 16.4. The highest BCUT2D eigenvalue weighted by Crippen LogP contribution is 2.34. The van der Waals surface area contributed by atoms with Crippen LogP contribution in [0.5, 0.6) is 11.5 Å². The zero-order valence-corrected chi connectivity index (χ0v) is 20.7. The second-order valence-electron chi connectivity index (χ2n) is 7.44. The molecule has 2 heterocycles. The lowest BCUT2D eigenvalue weighted by Gasteiger charge is -2.25. The van der Waals surface area contributed by atoms with Gasteiger partial charge in [0.1, 0.15) is 6.04 Å². The smallest absolute Gasteiger partial charge is 0.338 e.